The predicted molar refractivity (Wildman–Crippen MR) is 77.7 cm³/mol. The van der Waals surface area contributed by atoms with Crippen LogP contribution >= 0.6 is 11.8 Å². The predicted octanol–water partition coefficient (Wildman–Crippen LogP) is 2.22. The van der Waals surface area contributed by atoms with Crippen LogP contribution in [-0.2, 0) is 12.3 Å². The zero-order chi connectivity index (χ0) is 13.9. The highest BCUT2D eigenvalue weighted by Gasteiger charge is 2.20. The molecule has 0 spiro atoms. The molecule has 0 bridgehead atoms. The molecule has 20 heavy (non-hydrogen) atoms. The van der Waals surface area contributed by atoms with E-state index in [4.69, 9.17) is 4.42 Å². The molecule has 106 valence electrons. The molecule has 2 N–H and O–H groups in total. The van der Waals surface area contributed by atoms with Crippen LogP contribution in [-0.4, -0.2) is 16.0 Å². The number of hydrogen-bond donors (Lipinski definition) is 2. The van der Waals surface area contributed by atoms with E-state index >= 15 is 0 Å². The molecular weight excluding hydrogens is 274 g/mol. The van der Waals surface area contributed by atoms with Gasteiger partial charge in [-0.15, -0.1) is 0 Å². The molecule has 0 saturated heterocycles. The Morgan fingerprint density at radius 1 is 1.45 bits per heavy atom. The van der Waals surface area contributed by atoms with Crippen molar-refractivity contribution < 1.29 is 4.42 Å². The van der Waals surface area contributed by atoms with E-state index in [1.165, 1.54) is 30.7 Å². The maximum Gasteiger partial charge on any atom is 0.251 e. The quantitative estimate of drug-likeness (QED) is 0.631. The summed E-state index contributed by atoms with van der Waals surface area (Å²) in [5.41, 5.74) is 0.610. The van der Waals surface area contributed by atoms with Crippen LogP contribution in [0, 0.1) is 6.92 Å². The SMILES string of the molecule is Cc1cc(=O)[nH]c(SCc2ccc(CNC3CC3)o2)n1. The fourth-order valence-electron chi connectivity index (χ4n) is 1.89. The summed E-state index contributed by atoms with van der Waals surface area (Å²) in [6.07, 6.45) is 2.55. The van der Waals surface area contributed by atoms with Gasteiger partial charge in [0.1, 0.15) is 11.5 Å². The highest BCUT2D eigenvalue weighted by atomic mass is 32.2. The summed E-state index contributed by atoms with van der Waals surface area (Å²) in [6.45, 7) is 2.60. The largest absolute Gasteiger partial charge is 0.464 e. The van der Waals surface area contributed by atoms with Gasteiger partial charge in [-0.1, -0.05) is 11.8 Å². The average Bonchev–Trinajstić information content (AvgIpc) is 3.12. The lowest BCUT2D eigenvalue weighted by Crippen LogP contribution is -2.14. The number of nitrogens with one attached hydrogen (secondary N) is 2. The van der Waals surface area contributed by atoms with Gasteiger partial charge in [-0.3, -0.25) is 4.79 Å². The molecule has 2 aromatic heterocycles. The summed E-state index contributed by atoms with van der Waals surface area (Å²) in [7, 11) is 0. The Kier molecular flexibility index (Phi) is 3.93. The van der Waals surface area contributed by atoms with Crippen molar-refractivity contribution in [3.05, 3.63) is 45.8 Å². The van der Waals surface area contributed by atoms with Crippen LogP contribution in [0.1, 0.15) is 30.1 Å². The number of thioether (sulfide) groups is 1. The normalized spacial score (nSPS) is 14.7. The molecule has 0 unspecified atom stereocenters. The minimum absolute atomic E-state index is 0.117. The first-order chi connectivity index (χ1) is 9.69. The number of nitrogens with zero attached hydrogens (tertiary/aromatic N) is 1. The van der Waals surface area contributed by atoms with Crippen LogP contribution in [0.4, 0.5) is 0 Å². The van der Waals surface area contributed by atoms with Crippen molar-refractivity contribution in [2.45, 2.75) is 43.3 Å². The first-order valence-electron chi connectivity index (χ1n) is 6.71. The zero-order valence-electron chi connectivity index (χ0n) is 11.3. The van der Waals surface area contributed by atoms with E-state index in [1.54, 1.807) is 0 Å². The standard InChI is InChI=1S/C14H17N3O2S/c1-9-6-13(18)17-14(16-9)20-8-12-5-4-11(19-12)7-15-10-2-3-10/h4-6,10,15H,2-3,7-8H2,1H3,(H,16,17,18). The third-order valence-corrected chi connectivity index (χ3v) is 3.95. The molecule has 1 saturated carbocycles. The van der Waals surface area contributed by atoms with Crippen LogP contribution in [0.3, 0.4) is 0 Å². The van der Waals surface area contributed by atoms with E-state index in [0.717, 1.165) is 23.8 Å². The van der Waals surface area contributed by atoms with E-state index < -0.39 is 0 Å². The molecule has 0 amide bonds. The Morgan fingerprint density at radius 2 is 2.25 bits per heavy atom. The number of hydrogen-bond acceptors (Lipinski definition) is 5. The van der Waals surface area contributed by atoms with E-state index in [9.17, 15) is 4.79 Å². The summed E-state index contributed by atoms with van der Waals surface area (Å²) >= 11 is 1.47. The zero-order valence-corrected chi connectivity index (χ0v) is 12.1. The Morgan fingerprint density at radius 3 is 3.00 bits per heavy atom. The number of furan rings is 1. The highest BCUT2D eigenvalue weighted by Crippen LogP contribution is 2.22. The number of aromatic nitrogens is 2. The molecule has 0 aliphatic heterocycles. The fourth-order valence-corrected chi connectivity index (χ4v) is 2.70. The average molecular weight is 291 g/mol. The molecule has 1 aliphatic rings. The van der Waals surface area contributed by atoms with Crippen LogP contribution in [0.25, 0.3) is 0 Å². The van der Waals surface area contributed by atoms with Crippen molar-refractivity contribution in [3.8, 4) is 0 Å². The van der Waals surface area contributed by atoms with Crippen LogP contribution in [0.5, 0.6) is 0 Å². The molecule has 2 aromatic rings. The minimum atomic E-state index is -0.117. The van der Waals surface area contributed by atoms with E-state index in [-0.39, 0.29) is 5.56 Å². The van der Waals surface area contributed by atoms with Crippen molar-refractivity contribution in [1.82, 2.24) is 15.3 Å². The molecule has 5 nitrogen and oxygen atoms in total. The Balaban J connectivity index is 1.55. The van der Waals surface area contributed by atoms with Gasteiger partial charge in [0.15, 0.2) is 5.16 Å². The van der Waals surface area contributed by atoms with Crippen molar-refractivity contribution in [1.29, 1.82) is 0 Å². The third kappa shape index (κ3) is 3.74. The lowest BCUT2D eigenvalue weighted by molar-refractivity contribution is 0.458. The summed E-state index contributed by atoms with van der Waals surface area (Å²) in [5.74, 6) is 2.51. The van der Waals surface area contributed by atoms with Crippen molar-refractivity contribution in [3.63, 3.8) is 0 Å². The van der Waals surface area contributed by atoms with E-state index in [1.807, 2.05) is 19.1 Å². The van der Waals surface area contributed by atoms with Crippen LogP contribution in [0.2, 0.25) is 0 Å². The van der Waals surface area contributed by atoms with Gasteiger partial charge in [0, 0.05) is 17.8 Å². The van der Waals surface area contributed by atoms with Gasteiger partial charge in [-0.25, -0.2) is 4.98 Å². The Labute approximate surface area is 121 Å². The van der Waals surface area contributed by atoms with Crippen molar-refractivity contribution >= 4 is 11.8 Å². The molecule has 1 fully saturated rings. The van der Waals surface area contributed by atoms with E-state index in [0.29, 0.717) is 17.0 Å². The topological polar surface area (TPSA) is 70.9 Å². The van der Waals surface area contributed by atoms with Gasteiger partial charge in [0.2, 0.25) is 0 Å². The highest BCUT2D eigenvalue weighted by molar-refractivity contribution is 7.98. The molecule has 0 aromatic carbocycles. The van der Waals surface area contributed by atoms with Crippen LogP contribution in [0.15, 0.2) is 32.6 Å². The minimum Gasteiger partial charge on any atom is -0.464 e. The second kappa shape index (κ2) is 5.85. The fraction of sp³-hybridized carbons (Fsp3) is 0.429. The van der Waals surface area contributed by atoms with Gasteiger partial charge in [-0.2, -0.15) is 0 Å². The maximum absolute atomic E-state index is 11.3. The lowest BCUT2D eigenvalue weighted by Gasteiger charge is -2.00. The maximum atomic E-state index is 11.3. The lowest BCUT2D eigenvalue weighted by atomic mass is 10.4. The molecule has 0 atom stereocenters. The molecule has 3 rings (SSSR count). The van der Waals surface area contributed by atoms with Crippen molar-refractivity contribution in [2.75, 3.05) is 0 Å². The first kappa shape index (κ1) is 13.5. The molecule has 2 heterocycles. The monoisotopic (exact) mass is 291 g/mol. The van der Waals surface area contributed by atoms with Gasteiger partial charge in [0.05, 0.1) is 12.3 Å². The number of aromatic amines is 1. The molecular formula is C14H17N3O2S. The second-order valence-electron chi connectivity index (χ2n) is 5.00. The van der Waals surface area contributed by atoms with E-state index in [2.05, 4.69) is 15.3 Å². The van der Waals surface area contributed by atoms with Crippen molar-refractivity contribution in [2.24, 2.45) is 0 Å². The molecule has 0 radical (unpaired) electrons. The summed E-state index contributed by atoms with van der Waals surface area (Å²) < 4.78 is 5.74. The molecule has 6 heteroatoms. The van der Waals surface area contributed by atoms with Gasteiger partial charge >= 0.3 is 0 Å². The number of rotatable bonds is 6. The molecule has 1 aliphatic carbocycles. The first-order valence-corrected chi connectivity index (χ1v) is 7.69. The van der Waals surface area contributed by atoms with Gasteiger partial charge in [0.25, 0.3) is 5.56 Å². The summed E-state index contributed by atoms with van der Waals surface area (Å²) in [4.78, 5) is 18.3. The third-order valence-electron chi connectivity index (χ3n) is 3.06. The number of H-pyrrole nitrogens is 1. The second-order valence-corrected chi connectivity index (χ2v) is 5.97. The van der Waals surface area contributed by atoms with Gasteiger partial charge in [-0.05, 0) is 31.9 Å². The Bertz CT molecular complexity index is 646. The Hall–Kier alpha value is -1.53. The number of aryl methyl sites for hydroxylation is 1. The van der Waals surface area contributed by atoms with Gasteiger partial charge < -0.3 is 14.7 Å². The summed E-state index contributed by atoms with van der Waals surface area (Å²) in [5, 5.41) is 4.04. The summed E-state index contributed by atoms with van der Waals surface area (Å²) in [6, 6.07) is 6.14. The smallest absolute Gasteiger partial charge is 0.251 e. The van der Waals surface area contributed by atoms with Crippen LogP contribution < -0.4 is 10.9 Å².